The number of aliphatic imine (C=N–C) groups is 1. The fourth-order valence-electron chi connectivity index (χ4n) is 5.11. The van der Waals surface area contributed by atoms with Gasteiger partial charge >= 0.3 is 0 Å². The lowest BCUT2D eigenvalue weighted by Gasteiger charge is -2.34. The molecule has 194 valence electrons. The highest BCUT2D eigenvalue weighted by atomic mass is 35.5. The van der Waals surface area contributed by atoms with Crippen LogP contribution in [0.3, 0.4) is 0 Å². The van der Waals surface area contributed by atoms with E-state index < -0.39 is 0 Å². The van der Waals surface area contributed by atoms with Crippen LogP contribution in [0.5, 0.6) is 0 Å². The number of aliphatic hydroxyl groups is 1. The van der Waals surface area contributed by atoms with Crippen molar-refractivity contribution < 1.29 is 22.0 Å². The Kier molecular flexibility index (Phi) is 18.2. The lowest BCUT2D eigenvalue weighted by molar-refractivity contribution is -0.850. The van der Waals surface area contributed by atoms with Crippen LogP contribution >= 0.6 is 0 Å². The zero-order valence-corrected chi connectivity index (χ0v) is 22.7. The quantitative estimate of drug-likeness (QED) is 0.158. The topological polar surface area (TPSA) is 32.6 Å². The molecule has 1 atom stereocenters. The lowest BCUT2D eigenvalue weighted by atomic mass is 10.1. The maximum Gasteiger partial charge on any atom is 0.198 e. The van der Waals surface area contributed by atoms with Gasteiger partial charge in [-0.2, -0.15) is 0 Å². The third-order valence-electron chi connectivity index (χ3n) is 7.14. The number of quaternary nitrogens is 1. The van der Waals surface area contributed by atoms with E-state index in [4.69, 9.17) is 4.99 Å². The summed E-state index contributed by atoms with van der Waals surface area (Å²) in [4.78, 5) is 4.88. The molecule has 0 fully saturated rings. The van der Waals surface area contributed by atoms with Gasteiger partial charge in [0.15, 0.2) is 5.84 Å². The van der Waals surface area contributed by atoms with Gasteiger partial charge in [0.05, 0.1) is 13.2 Å². The highest BCUT2D eigenvalue weighted by molar-refractivity contribution is 5.76. The molecule has 1 aromatic rings. The maximum atomic E-state index is 9.72. The predicted octanol–water partition coefficient (Wildman–Crippen LogP) is 4.84. The Labute approximate surface area is 216 Å². The van der Waals surface area contributed by atoms with Gasteiger partial charge in [-0.1, -0.05) is 107 Å². The summed E-state index contributed by atoms with van der Waals surface area (Å²) < 4.78 is 0.867. The Hall–Kier alpha value is -1.16. The van der Waals surface area contributed by atoms with E-state index in [2.05, 4.69) is 49.4 Å². The van der Waals surface area contributed by atoms with Crippen molar-refractivity contribution in [2.45, 2.75) is 110 Å². The van der Waals surface area contributed by atoms with Gasteiger partial charge in [-0.05, 0) is 32.1 Å². The smallest absolute Gasteiger partial charge is 0.198 e. The molecule has 3 nitrogen and oxygen atoms in total. The molecular formula is C30H51ClN2O. The molecule has 0 saturated carbocycles. The Morgan fingerprint density at radius 1 is 0.824 bits per heavy atom. The molecule has 0 aliphatic carbocycles. The third-order valence-corrected chi connectivity index (χ3v) is 7.14. The second-order valence-corrected chi connectivity index (χ2v) is 9.95. The van der Waals surface area contributed by atoms with Gasteiger partial charge < -0.3 is 17.5 Å². The summed E-state index contributed by atoms with van der Waals surface area (Å²) in [6, 6.07) is 10.7. The van der Waals surface area contributed by atoms with E-state index in [1.165, 1.54) is 101 Å². The first-order chi connectivity index (χ1) is 16.3. The first-order valence-electron chi connectivity index (χ1n) is 14.0. The molecule has 0 aromatic heterocycles. The Morgan fingerprint density at radius 2 is 1.41 bits per heavy atom. The number of benzene rings is 1. The molecule has 34 heavy (non-hydrogen) atoms. The normalized spacial score (nSPS) is 17.8. The summed E-state index contributed by atoms with van der Waals surface area (Å²) in [5.74, 6) is 1.32. The number of allylic oxidation sites excluding steroid dienone is 2. The standard InChI is InChI=1S/C30H51N2O.ClH/c1-2-3-4-5-6-7-8-9-10-11-12-13-14-15-16-20-23-30-31-24-25-32(30,26-27-33)28-29-21-18-17-19-22-29;/h9-10,17-19,21-22,33H,2-8,11-16,20,23-28H2,1H3;1H/q+1;/p-1/b10-9-;. The number of aliphatic hydroxyl groups excluding tert-OH is 1. The molecular weight excluding hydrogens is 440 g/mol. The van der Waals surface area contributed by atoms with E-state index in [9.17, 15) is 5.11 Å². The van der Waals surface area contributed by atoms with Crippen molar-refractivity contribution in [3.8, 4) is 0 Å². The van der Waals surface area contributed by atoms with Gasteiger partial charge in [0.1, 0.15) is 19.6 Å². The fourth-order valence-corrected chi connectivity index (χ4v) is 5.11. The SMILES string of the molecule is CCCCCCCC/C=C\CCCCCCCCC1=NCC[N+]1(CCO)Cc1ccccc1.[Cl-]. The average molecular weight is 491 g/mol. The van der Waals surface area contributed by atoms with E-state index in [1.54, 1.807) is 0 Å². The van der Waals surface area contributed by atoms with E-state index >= 15 is 0 Å². The first-order valence-corrected chi connectivity index (χ1v) is 14.0. The van der Waals surface area contributed by atoms with Crippen molar-refractivity contribution in [1.29, 1.82) is 0 Å². The Morgan fingerprint density at radius 3 is 2.03 bits per heavy atom. The zero-order valence-electron chi connectivity index (χ0n) is 21.9. The zero-order chi connectivity index (χ0) is 23.5. The van der Waals surface area contributed by atoms with Crippen LogP contribution in [-0.4, -0.2) is 41.7 Å². The number of hydrogen-bond acceptors (Lipinski definition) is 2. The first kappa shape index (κ1) is 30.9. The number of unbranched alkanes of at least 4 members (excludes halogenated alkanes) is 12. The molecule has 4 heteroatoms. The summed E-state index contributed by atoms with van der Waals surface area (Å²) in [6.07, 6.45) is 24.8. The summed E-state index contributed by atoms with van der Waals surface area (Å²) >= 11 is 0. The number of amidine groups is 1. The van der Waals surface area contributed by atoms with Crippen molar-refractivity contribution >= 4 is 5.84 Å². The molecule has 0 spiro atoms. The summed E-state index contributed by atoms with van der Waals surface area (Å²) in [5.41, 5.74) is 1.35. The highest BCUT2D eigenvalue weighted by Crippen LogP contribution is 2.24. The predicted molar refractivity (Wildman–Crippen MR) is 144 cm³/mol. The Bertz CT molecular complexity index is 661. The van der Waals surface area contributed by atoms with Gasteiger partial charge in [0, 0.05) is 12.0 Å². The van der Waals surface area contributed by atoms with Crippen molar-refractivity contribution in [2.75, 3.05) is 26.2 Å². The van der Waals surface area contributed by atoms with E-state index in [1.807, 2.05) is 0 Å². The second kappa shape index (κ2) is 20.1. The number of rotatable bonds is 20. The van der Waals surface area contributed by atoms with Gasteiger partial charge in [-0.25, -0.2) is 4.99 Å². The summed E-state index contributed by atoms with van der Waals surface area (Å²) in [6.45, 7) is 6.22. The van der Waals surface area contributed by atoms with Crippen LogP contribution in [0, 0.1) is 0 Å². The van der Waals surface area contributed by atoms with Crippen LogP contribution in [0.25, 0.3) is 0 Å². The molecule has 1 aromatic carbocycles. The monoisotopic (exact) mass is 490 g/mol. The molecule has 2 rings (SSSR count). The molecule has 0 saturated heterocycles. The minimum Gasteiger partial charge on any atom is -1.00 e. The van der Waals surface area contributed by atoms with Gasteiger partial charge in [0.2, 0.25) is 0 Å². The minimum absolute atomic E-state index is 0. The Balaban J connectivity index is 0.00000578. The number of halogens is 1. The largest absolute Gasteiger partial charge is 1.00 e. The summed E-state index contributed by atoms with van der Waals surface area (Å²) in [7, 11) is 0. The third kappa shape index (κ3) is 12.5. The highest BCUT2D eigenvalue weighted by Gasteiger charge is 2.37. The minimum atomic E-state index is 0. The van der Waals surface area contributed by atoms with Crippen LogP contribution in [0.1, 0.15) is 109 Å². The van der Waals surface area contributed by atoms with E-state index in [0.29, 0.717) is 0 Å². The van der Waals surface area contributed by atoms with Crippen LogP contribution in [-0.2, 0) is 6.54 Å². The van der Waals surface area contributed by atoms with Crippen molar-refractivity contribution in [3.63, 3.8) is 0 Å². The molecule has 0 amide bonds. The molecule has 1 heterocycles. The fraction of sp³-hybridized carbons (Fsp3) is 0.700. The number of hydrogen-bond donors (Lipinski definition) is 1. The molecule has 1 aliphatic heterocycles. The lowest BCUT2D eigenvalue weighted by Crippen LogP contribution is -3.00. The van der Waals surface area contributed by atoms with Gasteiger partial charge in [-0.15, -0.1) is 0 Å². The van der Waals surface area contributed by atoms with Gasteiger partial charge in [0.25, 0.3) is 0 Å². The molecule has 0 bridgehead atoms. The van der Waals surface area contributed by atoms with E-state index in [-0.39, 0.29) is 19.0 Å². The van der Waals surface area contributed by atoms with Crippen LogP contribution in [0.4, 0.5) is 0 Å². The van der Waals surface area contributed by atoms with Crippen LogP contribution in [0.15, 0.2) is 47.5 Å². The maximum absolute atomic E-state index is 9.72. The second-order valence-electron chi connectivity index (χ2n) is 9.95. The molecule has 1 N–H and O–H groups in total. The van der Waals surface area contributed by atoms with Gasteiger partial charge in [-0.3, -0.25) is 4.48 Å². The number of nitrogens with zero attached hydrogens (tertiary/aromatic N) is 2. The van der Waals surface area contributed by atoms with E-state index in [0.717, 1.165) is 37.1 Å². The van der Waals surface area contributed by atoms with Crippen molar-refractivity contribution in [3.05, 3.63) is 48.0 Å². The molecule has 1 unspecified atom stereocenters. The van der Waals surface area contributed by atoms with Crippen molar-refractivity contribution in [2.24, 2.45) is 4.99 Å². The van der Waals surface area contributed by atoms with Crippen molar-refractivity contribution in [1.82, 2.24) is 0 Å². The van der Waals surface area contributed by atoms with Crippen LogP contribution in [0.2, 0.25) is 0 Å². The van der Waals surface area contributed by atoms with Crippen LogP contribution < -0.4 is 12.4 Å². The molecule has 1 aliphatic rings. The summed E-state index contributed by atoms with van der Waals surface area (Å²) in [5, 5.41) is 9.72. The molecule has 0 radical (unpaired) electrons. The average Bonchev–Trinajstić information content (AvgIpc) is 3.21.